The smallest absolute Gasteiger partial charge is 0.418 e. The predicted octanol–water partition coefficient (Wildman–Crippen LogP) is 3.32. The van der Waals surface area contributed by atoms with Crippen molar-refractivity contribution in [1.29, 1.82) is 0 Å². The molecule has 0 heterocycles. The Morgan fingerprint density at radius 1 is 0.682 bits per heavy atom. The molecule has 0 amide bonds. The summed E-state index contributed by atoms with van der Waals surface area (Å²) in [4.78, 5) is 23.4. The first kappa shape index (κ1) is 15.8. The van der Waals surface area contributed by atoms with Crippen LogP contribution in [-0.4, -0.2) is 11.9 Å². The number of aryl methyl sites for hydroxylation is 2. The summed E-state index contributed by atoms with van der Waals surface area (Å²) in [5, 5.41) is 0. The average molecular weight is 298 g/mol. The molecule has 0 N–H and O–H groups in total. The van der Waals surface area contributed by atoms with Crippen molar-refractivity contribution in [3.05, 3.63) is 59.7 Å². The molecular formula is C18H18O4. The number of carbonyl (C=O) groups excluding carboxylic acids is 2. The van der Waals surface area contributed by atoms with Crippen molar-refractivity contribution in [3.63, 3.8) is 0 Å². The molecule has 114 valence electrons. The van der Waals surface area contributed by atoms with Crippen LogP contribution in [-0.2, 0) is 22.4 Å². The largest absolute Gasteiger partial charge is 0.423 e. The fourth-order valence-electron chi connectivity index (χ4n) is 1.88. The van der Waals surface area contributed by atoms with E-state index in [0.717, 1.165) is 24.0 Å². The van der Waals surface area contributed by atoms with Crippen molar-refractivity contribution in [3.8, 4) is 11.5 Å². The molecule has 0 bridgehead atoms. The third-order valence-corrected chi connectivity index (χ3v) is 3.25. The molecule has 0 aliphatic heterocycles. The van der Waals surface area contributed by atoms with Gasteiger partial charge in [0.1, 0.15) is 11.5 Å². The standard InChI is InChI=1S/C18H18O4/c1-3-13-5-9-15(10-6-13)21-17(19)18(20)22-16-11-7-14(4-2)8-12-16/h5-12H,3-4H2,1-2H3. The molecule has 0 saturated heterocycles. The maximum Gasteiger partial charge on any atom is 0.423 e. The van der Waals surface area contributed by atoms with Crippen LogP contribution in [0.2, 0.25) is 0 Å². The second-order valence-corrected chi connectivity index (χ2v) is 4.77. The van der Waals surface area contributed by atoms with Gasteiger partial charge in [-0.2, -0.15) is 0 Å². The van der Waals surface area contributed by atoms with Gasteiger partial charge in [-0.05, 0) is 48.2 Å². The van der Waals surface area contributed by atoms with Crippen LogP contribution >= 0.6 is 0 Å². The number of benzene rings is 2. The van der Waals surface area contributed by atoms with Gasteiger partial charge in [0.25, 0.3) is 0 Å². The van der Waals surface area contributed by atoms with E-state index in [0.29, 0.717) is 11.5 Å². The minimum absolute atomic E-state index is 0.320. The fraction of sp³-hybridized carbons (Fsp3) is 0.222. The van der Waals surface area contributed by atoms with Crippen LogP contribution < -0.4 is 9.47 Å². The lowest BCUT2D eigenvalue weighted by Gasteiger charge is -2.06. The number of hydrogen-bond acceptors (Lipinski definition) is 4. The van der Waals surface area contributed by atoms with Gasteiger partial charge in [-0.15, -0.1) is 0 Å². The molecule has 2 rings (SSSR count). The van der Waals surface area contributed by atoms with Gasteiger partial charge >= 0.3 is 11.9 Å². The van der Waals surface area contributed by atoms with E-state index >= 15 is 0 Å². The maximum absolute atomic E-state index is 11.7. The van der Waals surface area contributed by atoms with E-state index in [1.54, 1.807) is 24.3 Å². The SMILES string of the molecule is CCc1ccc(OC(=O)C(=O)Oc2ccc(CC)cc2)cc1. The first-order chi connectivity index (χ1) is 10.6. The van der Waals surface area contributed by atoms with E-state index in [2.05, 4.69) is 0 Å². The first-order valence-corrected chi connectivity index (χ1v) is 7.24. The minimum atomic E-state index is -1.04. The Labute approximate surface area is 129 Å². The quantitative estimate of drug-likeness (QED) is 0.493. The molecule has 4 nitrogen and oxygen atoms in total. The molecule has 2 aromatic rings. The van der Waals surface area contributed by atoms with E-state index < -0.39 is 11.9 Å². The second-order valence-electron chi connectivity index (χ2n) is 4.77. The van der Waals surface area contributed by atoms with E-state index in [1.807, 2.05) is 38.1 Å². The summed E-state index contributed by atoms with van der Waals surface area (Å²) in [6, 6.07) is 14.0. The van der Waals surface area contributed by atoms with Crippen molar-refractivity contribution in [2.45, 2.75) is 26.7 Å². The van der Waals surface area contributed by atoms with Crippen LogP contribution in [0.3, 0.4) is 0 Å². The molecule has 0 spiro atoms. The lowest BCUT2D eigenvalue weighted by Crippen LogP contribution is -2.25. The van der Waals surface area contributed by atoms with Gasteiger partial charge in [0.15, 0.2) is 0 Å². The lowest BCUT2D eigenvalue weighted by atomic mass is 10.2. The third kappa shape index (κ3) is 4.19. The Balaban J connectivity index is 1.94. The summed E-state index contributed by atoms with van der Waals surface area (Å²) in [6.07, 6.45) is 1.79. The molecule has 0 atom stereocenters. The van der Waals surface area contributed by atoms with Gasteiger partial charge < -0.3 is 9.47 Å². The molecule has 0 aliphatic carbocycles. The molecule has 0 unspecified atom stereocenters. The fourth-order valence-corrected chi connectivity index (χ4v) is 1.88. The third-order valence-electron chi connectivity index (χ3n) is 3.25. The highest BCUT2D eigenvalue weighted by Gasteiger charge is 2.19. The molecule has 0 saturated carbocycles. The zero-order chi connectivity index (χ0) is 15.9. The zero-order valence-electron chi connectivity index (χ0n) is 12.7. The van der Waals surface area contributed by atoms with E-state index in [-0.39, 0.29) is 0 Å². The topological polar surface area (TPSA) is 52.6 Å². The Hall–Kier alpha value is -2.62. The first-order valence-electron chi connectivity index (χ1n) is 7.24. The Kier molecular flexibility index (Phi) is 5.31. The van der Waals surface area contributed by atoms with Gasteiger partial charge in [0.05, 0.1) is 0 Å². The van der Waals surface area contributed by atoms with Gasteiger partial charge in [-0.25, -0.2) is 9.59 Å². The summed E-state index contributed by atoms with van der Waals surface area (Å²) < 4.78 is 9.96. The highest BCUT2D eigenvalue weighted by molar-refractivity contribution is 6.31. The summed E-state index contributed by atoms with van der Waals surface area (Å²) in [5.74, 6) is -1.44. The summed E-state index contributed by atoms with van der Waals surface area (Å²) in [5.41, 5.74) is 2.25. The normalized spacial score (nSPS) is 10.1. The van der Waals surface area contributed by atoms with Crippen LogP contribution in [0.1, 0.15) is 25.0 Å². The number of hydrogen-bond donors (Lipinski definition) is 0. The number of esters is 2. The Bertz CT molecular complexity index is 582. The molecular weight excluding hydrogens is 280 g/mol. The van der Waals surface area contributed by atoms with E-state index in [4.69, 9.17) is 9.47 Å². The van der Waals surface area contributed by atoms with Crippen LogP contribution in [0.5, 0.6) is 11.5 Å². The van der Waals surface area contributed by atoms with Crippen molar-refractivity contribution in [1.82, 2.24) is 0 Å². The van der Waals surface area contributed by atoms with Crippen molar-refractivity contribution >= 4 is 11.9 Å². The summed E-state index contributed by atoms with van der Waals surface area (Å²) >= 11 is 0. The molecule has 0 aliphatic rings. The average Bonchev–Trinajstić information content (AvgIpc) is 2.56. The van der Waals surface area contributed by atoms with Crippen LogP contribution in [0.4, 0.5) is 0 Å². The monoisotopic (exact) mass is 298 g/mol. The Morgan fingerprint density at radius 3 is 1.27 bits per heavy atom. The predicted molar refractivity (Wildman–Crippen MR) is 82.9 cm³/mol. The van der Waals surface area contributed by atoms with Gasteiger partial charge in [-0.1, -0.05) is 38.1 Å². The zero-order valence-corrected chi connectivity index (χ0v) is 12.7. The van der Waals surface area contributed by atoms with Gasteiger partial charge in [0, 0.05) is 0 Å². The number of carbonyl (C=O) groups is 2. The molecule has 0 radical (unpaired) electrons. The van der Waals surface area contributed by atoms with Crippen molar-refractivity contribution < 1.29 is 19.1 Å². The van der Waals surface area contributed by atoms with Gasteiger partial charge in [-0.3, -0.25) is 0 Å². The summed E-state index contributed by atoms with van der Waals surface area (Å²) in [6.45, 7) is 4.06. The molecule has 4 heteroatoms. The van der Waals surface area contributed by atoms with Crippen molar-refractivity contribution in [2.24, 2.45) is 0 Å². The number of rotatable bonds is 4. The van der Waals surface area contributed by atoms with Crippen LogP contribution in [0.25, 0.3) is 0 Å². The van der Waals surface area contributed by atoms with E-state index in [9.17, 15) is 9.59 Å². The summed E-state index contributed by atoms with van der Waals surface area (Å²) in [7, 11) is 0. The molecule has 0 fully saturated rings. The van der Waals surface area contributed by atoms with Crippen LogP contribution in [0, 0.1) is 0 Å². The van der Waals surface area contributed by atoms with Crippen molar-refractivity contribution in [2.75, 3.05) is 0 Å². The highest BCUT2D eigenvalue weighted by atomic mass is 16.6. The van der Waals surface area contributed by atoms with Gasteiger partial charge in [0.2, 0.25) is 0 Å². The van der Waals surface area contributed by atoms with Crippen LogP contribution in [0.15, 0.2) is 48.5 Å². The lowest BCUT2D eigenvalue weighted by molar-refractivity contribution is -0.156. The molecule has 2 aromatic carbocycles. The highest BCUT2D eigenvalue weighted by Crippen LogP contribution is 2.15. The number of ether oxygens (including phenoxy) is 2. The maximum atomic E-state index is 11.7. The second kappa shape index (κ2) is 7.41. The van der Waals surface area contributed by atoms with E-state index in [1.165, 1.54) is 0 Å². The minimum Gasteiger partial charge on any atom is -0.418 e. The molecule has 22 heavy (non-hydrogen) atoms. The molecule has 0 aromatic heterocycles. The Morgan fingerprint density at radius 2 is 1.00 bits per heavy atom.